The summed E-state index contributed by atoms with van der Waals surface area (Å²) in [6.07, 6.45) is 2.76. The molecule has 1 unspecified atom stereocenters. The Bertz CT molecular complexity index is 543. The third kappa shape index (κ3) is 4.92. The number of carbonyl (C=O) groups is 2. The first-order chi connectivity index (χ1) is 9.56. The van der Waals surface area contributed by atoms with Gasteiger partial charge >= 0.3 is 5.97 Å². The molecule has 1 atom stereocenters. The van der Waals surface area contributed by atoms with Crippen molar-refractivity contribution in [2.45, 2.75) is 6.04 Å². The topological polar surface area (TPSA) is 99.4 Å². The van der Waals surface area contributed by atoms with E-state index in [1.807, 2.05) is 6.07 Å². The van der Waals surface area contributed by atoms with Crippen LogP contribution < -0.4 is 5.32 Å². The molecule has 0 aliphatic heterocycles. The molecule has 1 aromatic rings. The number of carboxylic acid groups (broad SMARTS) is 1. The van der Waals surface area contributed by atoms with Gasteiger partial charge in [-0.3, -0.25) is 4.79 Å². The SMILES string of the molecule is COCC(NC(=O)/C=C/c1ccc(C#N)cc1)C(=O)O. The van der Waals surface area contributed by atoms with E-state index in [4.69, 9.17) is 15.1 Å². The van der Waals surface area contributed by atoms with Gasteiger partial charge in [0.1, 0.15) is 0 Å². The molecule has 1 rings (SSSR count). The zero-order valence-electron chi connectivity index (χ0n) is 10.9. The molecular formula is C14H14N2O4. The lowest BCUT2D eigenvalue weighted by atomic mass is 10.1. The summed E-state index contributed by atoms with van der Waals surface area (Å²) in [4.78, 5) is 22.4. The fourth-order valence-corrected chi connectivity index (χ4v) is 1.40. The number of ether oxygens (including phenoxy) is 1. The molecule has 2 N–H and O–H groups in total. The van der Waals surface area contributed by atoms with Crippen LogP contribution >= 0.6 is 0 Å². The summed E-state index contributed by atoms with van der Waals surface area (Å²) in [6.45, 7) is -0.105. The molecule has 6 nitrogen and oxygen atoms in total. The molecule has 0 aliphatic rings. The van der Waals surface area contributed by atoms with Crippen LogP contribution in [0.3, 0.4) is 0 Å². The molecule has 0 bridgehead atoms. The van der Waals surface area contributed by atoms with Crippen molar-refractivity contribution < 1.29 is 19.4 Å². The maximum absolute atomic E-state index is 11.6. The van der Waals surface area contributed by atoms with Crippen LogP contribution in [0.1, 0.15) is 11.1 Å². The third-order valence-corrected chi connectivity index (χ3v) is 2.41. The average molecular weight is 274 g/mol. The number of benzene rings is 1. The van der Waals surface area contributed by atoms with E-state index in [0.29, 0.717) is 5.56 Å². The minimum absolute atomic E-state index is 0.105. The van der Waals surface area contributed by atoms with E-state index in [9.17, 15) is 9.59 Å². The van der Waals surface area contributed by atoms with Crippen LogP contribution in [-0.4, -0.2) is 36.7 Å². The Morgan fingerprint density at radius 1 is 1.45 bits per heavy atom. The zero-order chi connectivity index (χ0) is 15.0. The largest absolute Gasteiger partial charge is 0.480 e. The predicted molar refractivity (Wildman–Crippen MR) is 71.6 cm³/mol. The Balaban J connectivity index is 2.62. The summed E-state index contributed by atoms with van der Waals surface area (Å²) in [5, 5.41) is 19.8. The van der Waals surface area contributed by atoms with E-state index in [1.165, 1.54) is 19.3 Å². The van der Waals surface area contributed by atoms with Gasteiger partial charge in [-0.1, -0.05) is 12.1 Å². The number of methoxy groups -OCH3 is 1. The summed E-state index contributed by atoms with van der Waals surface area (Å²) in [7, 11) is 1.36. The van der Waals surface area contributed by atoms with Crippen molar-refractivity contribution in [2.75, 3.05) is 13.7 Å². The number of carbonyl (C=O) groups excluding carboxylic acids is 1. The van der Waals surface area contributed by atoms with E-state index in [0.717, 1.165) is 5.56 Å². The lowest BCUT2D eigenvalue weighted by molar-refractivity contribution is -0.142. The van der Waals surface area contributed by atoms with Gasteiger partial charge in [0.15, 0.2) is 6.04 Å². The Morgan fingerprint density at radius 3 is 2.60 bits per heavy atom. The van der Waals surface area contributed by atoms with Crippen LogP contribution in [0.5, 0.6) is 0 Å². The van der Waals surface area contributed by atoms with Crippen LogP contribution in [0.15, 0.2) is 30.3 Å². The fourth-order valence-electron chi connectivity index (χ4n) is 1.40. The first-order valence-corrected chi connectivity index (χ1v) is 5.77. The summed E-state index contributed by atoms with van der Waals surface area (Å²) >= 11 is 0. The van der Waals surface area contributed by atoms with E-state index in [1.54, 1.807) is 24.3 Å². The quantitative estimate of drug-likeness (QED) is 0.747. The number of aliphatic carboxylic acids is 1. The highest BCUT2D eigenvalue weighted by Gasteiger charge is 2.18. The molecule has 0 saturated carbocycles. The molecule has 0 heterocycles. The van der Waals surface area contributed by atoms with Gasteiger partial charge in [0.05, 0.1) is 18.2 Å². The summed E-state index contributed by atoms with van der Waals surface area (Å²) in [5.41, 5.74) is 1.26. The predicted octanol–water partition coefficient (Wildman–Crippen LogP) is 0.787. The summed E-state index contributed by atoms with van der Waals surface area (Å²) < 4.78 is 4.70. The van der Waals surface area contributed by atoms with Gasteiger partial charge in [0, 0.05) is 13.2 Å². The molecular weight excluding hydrogens is 260 g/mol. The number of nitrogens with one attached hydrogen (secondary N) is 1. The number of amides is 1. The Kier molecular flexibility index (Phi) is 5.94. The second-order valence-electron chi connectivity index (χ2n) is 3.92. The van der Waals surface area contributed by atoms with E-state index in [-0.39, 0.29) is 6.61 Å². The lowest BCUT2D eigenvalue weighted by Gasteiger charge is -2.11. The van der Waals surface area contributed by atoms with Gasteiger partial charge in [-0.25, -0.2) is 4.79 Å². The molecule has 0 spiro atoms. The fraction of sp³-hybridized carbons (Fsp3) is 0.214. The second-order valence-corrected chi connectivity index (χ2v) is 3.92. The van der Waals surface area contributed by atoms with E-state index in [2.05, 4.69) is 5.32 Å². The van der Waals surface area contributed by atoms with Gasteiger partial charge in [-0.15, -0.1) is 0 Å². The molecule has 0 aliphatic carbocycles. The van der Waals surface area contributed by atoms with Crippen molar-refractivity contribution in [1.29, 1.82) is 5.26 Å². The number of nitriles is 1. The normalized spacial score (nSPS) is 11.8. The standard InChI is InChI=1S/C14H14N2O4/c1-20-9-12(14(18)19)16-13(17)7-6-10-2-4-11(8-15)5-3-10/h2-7,12H,9H2,1H3,(H,16,17)(H,18,19)/b7-6+. The van der Waals surface area contributed by atoms with Crippen molar-refractivity contribution in [1.82, 2.24) is 5.32 Å². The van der Waals surface area contributed by atoms with Crippen LogP contribution in [0, 0.1) is 11.3 Å². The third-order valence-electron chi connectivity index (χ3n) is 2.41. The van der Waals surface area contributed by atoms with Gasteiger partial charge in [0.25, 0.3) is 0 Å². The molecule has 0 fully saturated rings. The second kappa shape index (κ2) is 7.71. The van der Waals surface area contributed by atoms with Crippen molar-refractivity contribution >= 4 is 18.0 Å². The highest BCUT2D eigenvalue weighted by atomic mass is 16.5. The van der Waals surface area contributed by atoms with Crippen LogP contribution in [0.2, 0.25) is 0 Å². The van der Waals surface area contributed by atoms with Crippen LogP contribution in [-0.2, 0) is 14.3 Å². The molecule has 1 aromatic carbocycles. The summed E-state index contributed by atoms with van der Waals surface area (Å²) in [6, 6.07) is 7.53. The Morgan fingerprint density at radius 2 is 2.10 bits per heavy atom. The van der Waals surface area contributed by atoms with Gasteiger partial charge < -0.3 is 15.2 Å². The number of hydrogen-bond acceptors (Lipinski definition) is 4. The average Bonchev–Trinajstić information content (AvgIpc) is 2.45. The van der Waals surface area contributed by atoms with Crippen molar-refractivity contribution in [2.24, 2.45) is 0 Å². The Hall–Kier alpha value is -2.65. The molecule has 6 heteroatoms. The highest BCUT2D eigenvalue weighted by Crippen LogP contribution is 2.05. The summed E-state index contributed by atoms with van der Waals surface area (Å²) in [5.74, 6) is -1.69. The smallest absolute Gasteiger partial charge is 0.328 e. The Labute approximate surface area is 116 Å². The number of nitrogens with zero attached hydrogens (tertiary/aromatic N) is 1. The number of hydrogen-bond donors (Lipinski definition) is 2. The maximum atomic E-state index is 11.6. The van der Waals surface area contributed by atoms with Gasteiger partial charge in [0.2, 0.25) is 5.91 Å². The van der Waals surface area contributed by atoms with Crippen molar-refractivity contribution in [3.63, 3.8) is 0 Å². The molecule has 0 radical (unpaired) electrons. The molecule has 20 heavy (non-hydrogen) atoms. The molecule has 0 saturated heterocycles. The molecule has 0 aromatic heterocycles. The van der Waals surface area contributed by atoms with Crippen LogP contribution in [0.25, 0.3) is 6.08 Å². The zero-order valence-corrected chi connectivity index (χ0v) is 10.9. The molecule has 1 amide bonds. The monoisotopic (exact) mass is 274 g/mol. The van der Waals surface area contributed by atoms with Crippen molar-refractivity contribution in [3.8, 4) is 6.07 Å². The van der Waals surface area contributed by atoms with Gasteiger partial charge in [-0.05, 0) is 23.8 Å². The van der Waals surface area contributed by atoms with Crippen LogP contribution in [0.4, 0.5) is 0 Å². The number of carboxylic acids is 1. The minimum atomic E-state index is -1.16. The number of rotatable bonds is 6. The van der Waals surface area contributed by atoms with E-state index >= 15 is 0 Å². The maximum Gasteiger partial charge on any atom is 0.328 e. The van der Waals surface area contributed by atoms with Gasteiger partial charge in [-0.2, -0.15) is 5.26 Å². The minimum Gasteiger partial charge on any atom is -0.480 e. The first kappa shape index (κ1) is 15.4. The molecule has 104 valence electrons. The van der Waals surface area contributed by atoms with E-state index < -0.39 is 17.9 Å². The lowest BCUT2D eigenvalue weighted by Crippen LogP contribution is -2.43. The van der Waals surface area contributed by atoms with Crippen molar-refractivity contribution in [3.05, 3.63) is 41.5 Å². The first-order valence-electron chi connectivity index (χ1n) is 5.77. The highest BCUT2D eigenvalue weighted by molar-refractivity contribution is 5.94.